The molecule has 1 heterocycles. The van der Waals surface area contributed by atoms with Gasteiger partial charge in [-0.05, 0) is 31.3 Å². The lowest BCUT2D eigenvalue weighted by molar-refractivity contribution is 0.223. The maximum absolute atomic E-state index is 5.89. The molecule has 0 fully saturated rings. The highest BCUT2D eigenvalue weighted by Gasteiger charge is 2.17. The molecule has 0 saturated heterocycles. The summed E-state index contributed by atoms with van der Waals surface area (Å²) in [6.07, 6.45) is 2.01. The van der Waals surface area contributed by atoms with E-state index in [-0.39, 0.29) is 5.41 Å². The van der Waals surface area contributed by atoms with Gasteiger partial charge in [0.2, 0.25) is 0 Å². The van der Waals surface area contributed by atoms with Crippen molar-refractivity contribution in [3.8, 4) is 11.4 Å². The molecule has 0 atom stereocenters. The number of nitrogens with zero attached hydrogens (tertiary/aromatic N) is 3. The molecule has 0 aliphatic heterocycles. The average Bonchev–Trinajstić information content (AvgIpc) is 3.02. The molecule has 0 aliphatic rings. The Morgan fingerprint density at radius 3 is 2.48 bits per heavy atom. The minimum absolute atomic E-state index is 0.0587. The van der Waals surface area contributed by atoms with Gasteiger partial charge in [0.05, 0.1) is 11.4 Å². The summed E-state index contributed by atoms with van der Waals surface area (Å²) in [7, 11) is 0. The van der Waals surface area contributed by atoms with Crippen molar-refractivity contribution in [3.63, 3.8) is 0 Å². The van der Waals surface area contributed by atoms with E-state index in [1.54, 1.807) is 0 Å². The smallest absolute Gasteiger partial charge is 0.121 e. The Morgan fingerprint density at radius 1 is 1.13 bits per heavy atom. The number of ether oxygens (including phenoxy) is 1. The molecule has 2 rings (SSSR count). The lowest BCUT2D eigenvalue weighted by Crippen LogP contribution is -2.27. The third-order valence-corrected chi connectivity index (χ3v) is 4.01. The maximum Gasteiger partial charge on any atom is 0.121 e. The third kappa shape index (κ3) is 4.83. The second-order valence-electron chi connectivity index (χ2n) is 6.77. The molecule has 23 heavy (non-hydrogen) atoms. The molecule has 2 aromatic rings. The van der Waals surface area contributed by atoms with Gasteiger partial charge in [0.25, 0.3) is 0 Å². The molecule has 0 unspecified atom stereocenters. The fraction of sp³-hybridized carbons (Fsp3) is 0.526. The van der Waals surface area contributed by atoms with Gasteiger partial charge in [0, 0.05) is 24.2 Å². The van der Waals surface area contributed by atoms with E-state index in [2.05, 4.69) is 56.8 Å². The van der Waals surface area contributed by atoms with E-state index < -0.39 is 0 Å². The van der Waals surface area contributed by atoms with E-state index in [0.717, 1.165) is 36.8 Å². The molecule has 0 N–H and O–H groups in total. The topological polar surface area (TPSA) is 30.3 Å². The lowest BCUT2D eigenvalue weighted by atomic mass is 9.93. The SMILES string of the molecule is CCN(CC)CCOc1cccc(-n2ccc(C(C)(C)C)n2)c1. The fourth-order valence-electron chi connectivity index (χ4n) is 2.42. The van der Waals surface area contributed by atoms with Crippen LogP contribution in [0.3, 0.4) is 0 Å². The number of rotatable bonds is 7. The Balaban J connectivity index is 2.03. The van der Waals surface area contributed by atoms with Crippen molar-refractivity contribution in [2.24, 2.45) is 0 Å². The van der Waals surface area contributed by atoms with Crippen LogP contribution in [-0.2, 0) is 5.41 Å². The van der Waals surface area contributed by atoms with Crippen LogP contribution in [-0.4, -0.2) is 40.9 Å². The summed E-state index contributed by atoms with van der Waals surface area (Å²) >= 11 is 0. The molecule has 0 spiro atoms. The maximum atomic E-state index is 5.89. The van der Waals surface area contributed by atoms with Crippen molar-refractivity contribution in [3.05, 3.63) is 42.2 Å². The number of benzene rings is 1. The van der Waals surface area contributed by atoms with Crippen LogP contribution >= 0.6 is 0 Å². The summed E-state index contributed by atoms with van der Waals surface area (Å²) in [6.45, 7) is 14.6. The van der Waals surface area contributed by atoms with Crippen LogP contribution in [0, 0.1) is 0 Å². The summed E-state index contributed by atoms with van der Waals surface area (Å²) in [5, 5.41) is 4.68. The predicted molar refractivity (Wildman–Crippen MR) is 95.5 cm³/mol. The van der Waals surface area contributed by atoms with Crippen molar-refractivity contribution in [2.45, 2.75) is 40.0 Å². The molecule has 4 nitrogen and oxygen atoms in total. The monoisotopic (exact) mass is 315 g/mol. The van der Waals surface area contributed by atoms with Gasteiger partial charge in [0.1, 0.15) is 12.4 Å². The number of hydrogen-bond acceptors (Lipinski definition) is 3. The first-order chi connectivity index (χ1) is 10.9. The third-order valence-electron chi connectivity index (χ3n) is 4.01. The van der Waals surface area contributed by atoms with Crippen molar-refractivity contribution < 1.29 is 4.74 Å². The van der Waals surface area contributed by atoms with Crippen molar-refractivity contribution in [2.75, 3.05) is 26.2 Å². The summed E-state index contributed by atoms with van der Waals surface area (Å²) in [6, 6.07) is 10.2. The van der Waals surface area contributed by atoms with Crippen LogP contribution in [0.1, 0.15) is 40.3 Å². The van der Waals surface area contributed by atoms with Crippen molar-refractivity contribution >= 4 is 0 Å². The molecule has 0 amide bonds. The molecule has 1 aromatic heterocycles. The van der Waals surface area contributed by atoms with Crippen molar-refractivity contribution in [1.82, 2.24) is 14.7 Å². The quantitative estimate of drug-likeness (QED) is 0.776. The summed E-state index contributed by atoms with van der Waals surface area (Å²) in [4.78, 5) is 2.35. The molecular formula is C19H29N3O. The van der Waals surface area contributed by atoms with E-state index >= 15 is 0 Å². The van der Waals surface area contributed by atoms with Gasteiger partial charge < -0.3 is 9.64 Å². The normalized spacial score (nSPS) is 11.9. The van der Waals surface area contributed by atoms with E-state index in [0.29, 0.717) is 6.61 Å². The standard InChI is InChI=1S/C19H29N3O/c1-6-21(7-2)13-14-23-17-10-8-9-16(15-17)22-12-11-18(20-22)19(3,4)5/h8-12,15H,6-7,13-14H2,1-5H3. The van der Waals surface area contributed by atoms with Crippen LogP contribution in [0.25, 0.3) is 5.69 Å². The Kier molecular flexibility index (Phi) is 5.83. The van der Waals surface area contributed by atoms with Gasteiger partial charge in [0.15, 0.2) is 0 Å². The van der Waals surface area contributed by atoms with Gasteiger partial charge in [-0.3, -0.25) is 0 Å². The number of aromatic nitrogens is 2. The molecule has 4 heteroatoms. The first kappa shape index (κ1) is 17.5. The molecule has 1 aromatic carbocycles. The largest absolute Gasteiger partial charge is 0.492 e. The van der Waals surface area contributed by atoms with Crippen molar-refractivity contribution in [1.29, 1.82) is 0 Å². The first-order valence-corrected chi connectivity index (χ1v) is 8.45. The first-order valence-electron chi connectivity index (χ1n) is 8.45. The van der Waals surface area contributed by atoms with Gasteiger partial charge in [-0.15, -0.1) is 0 Å². The number of likely N-dealkylation sites (N-methyl/N-ethyl adjacent to an activating group) is 1. The highest BCUT2D eigenvalue weighted by molar-refractivity contribution is 5.39. The molecule has 0 radical (unpaired) electrons. The summed E-state index contributed by atoms with van der Waals surface area (Å²) in [5.41, 5.74) is 2.18. The number of hydrogen-bond donors (Lipinski definition) is 0. The fourth-order valence-corrected chi connectivity index (χ4v) is 2.42. The second-order valence-corrected chi connectivity index (χ2v) is 6.77. The van der Waals surface area contributed by atoms with E-state index in [4.69, 9.17) is 4.74 Å². The molecule has 0 saturated carbocycles. The highest BCUT2D eigenvalue weighted by atomic mass is 16.5. The van der Waals surface area contributed by atoms with Crippen LogP contribution < -0.4 is 4.74 Å². The van der Waals surface area contributed by atoms with Crippen LogP contribution in [0.15, 0.2) is 36.5 Å². The van der Waals surface area contributed by atoms with Crippen LogP contribution in [0.2, 0.25) is 0 Å². The van der Waals surface area contributed by atoms with Crippen LogP contribution in [0.4, 0.5) is 0 Å². The lowest BCUT2D eigenvalue weighted by Gasteiger charge is -2.18. The Bertz CT molecular complexity index is 609. The van der Waals surface area contributed by atoms with Gasteiger partial charge in [-0.25, -0.2) is 4.68 Å². The van der Waals surface area contributed by atoms with E-state index in [1.165, 1.54) is 0 Å². The zero-order valence-corrected chi connectivity index (χ0v) is 15.0. The minimum Gasteiger partial charge on any atom is -0.492 e. The molecule has 126 valence electrons. The van der Waals surface area contributed by atoms with Gasteiger partial charge in [-0.2, -0.15) is 5.10 Å². The zero-order chi connectivity index (χ0) is 16.9. The Labute approximate surface area is 140 Å². The predicted octanol–water partition coefficient (Wildman–Crippen LogP) is 3.89. The van der Waals surface area contributed by atoms with Crippen LogP contribution in [0.5, 0.6) is 5.75 Å². The summed E-state index contributed by atoms with van der Waals surface area (Å²) in [5.74, 6) is 0.891. The minimum atomic E-state index is 0.0587. The Hall–Kier alpha value is -1.81. The zero-order valence-electron chi connectivity index (χ0n) is 15.0. The molecule has 0 bridgehead atoms. The van der Waals surface area contributed by atoms with Gasteiger partial charge in [-0.1, -0.05) is 40.7 Å². The second kappa shape index (κ2) is 7.64. The molecular weight excluding hydrogens is 286 g/mol. The van der Waals surface area contributed by atoms with E-state index in [9.17, 15) is 0 Å². The van der Waals surface area contributed by atoms with Gasteiger partial charge >= 0.3 is 0 Å². The van der Waals surface area contributed by atoms with E-state index in [1.807, 2.05) is 29.1 Å². The molecule has 0 aliphatic carbocycles. The Morgan fingerprint density at radius 2 is 1.87 bits per heavy atom. The highest BCUT2D eigenvalue weighted by Crippen LogP contribution is 2.22. The summed E-state index contributed by atoms with van der Waals surface area (Å²) < 4.78 is 7.81. The average molecular weight is 315 g/mol.